The third-order valence-corrected chi connectivity index (χ3v) is 3.32. The second kappa shape index (κ2) is 4.52. The molecule has 1 heterocycles. The Morgan fingerprint density at radius 3 is 2.60 bits per heavy atom. The van der Waals surface area contributed by atoms with E-state index in [0.717, 1.165) is 12.1 Å². The first kappa shape index (κ1) is 12.5. The van der Waals surface area contributed by atoms with Crippen molar-refractivity contribution in [3.8, 4) is 11.1 Å². The molecule has 0 bridgehead atoms. The highest BCUT2D eigenvalue weighted by molar-refractivity contribution is 6.02. The van der Waals surface area contributed by atoms with Crippen molar-refractivity contribution in [2.75, 3.05) is 0 Å². The van der Waals surface area contributed by atoms with Gasteiger partial charge in [0.25, 0.3) is 5.91 Å². The Labute approximate surface area is 113 Å². The van der Waals surface area contributed by atoms with E-state index < -0.39 is 11.6 Å². The fourth-order valence-corrected chi connectivity index (χ4v) is 2.34. The molecule has 3 rings (SSSR count). The van der Waals surface area contributed by atoms with Gasteiger partial charge in [0.15, 0.2) is 0 Å². The Morgan fingerprint density at radius 2 is 1.90 bits per heavy atom. The lowest BCUT2D eigenvalue weighted by molar-refractivity contribution is 0.0965. The molecule has 0 atom stereocenters. The van der Waals surface area contributed by atoms with Crippen LogP contribution in [0.2, 0.25) is 0 Å². The monoisotopic (exact) mass is 273 g/mol. The van der Waals surface area contributed by atoms with Crippen LogP contribution < -0.4 is 5.32 Å². The van der Waals surface area contributed by atoms with Crippen LogP contribution in [0, 0.1) is 11.6 Å². The minimum Gasteiger partial charge on any atom is -0.348 e. The summed E-state index contributed by atoms with van der Waals surface area (Å²) in [6.45, 7) is 0.286. The quantitative estimate of drug-likeness (QED) is 0.855. The zero-order valence-corrected chi connectivity index (χ0v) is 10.2. The van der Waals surface area contributed by atoms with Crippen LogP contribution >= 0.6 is 0 Å². The first-order valence-electron chi connectivity index (χ1n) is 5.96. The van der Waals surface area contributed by atoms with Gasteiger partial charge >= 0.3 is 0 Å². The number of rotatable bonds is 2. The average molecular weight is 273 g/mol. The lowest BCUT2D eigenvalue weighted by atomic mass is 9.96. The van der Waals surface area contributed by atoms with Crippen molar-refractivity contribution >= 4 is 12.2 Å². The largest absolute Gasteiger partial charge is 0.348 e. The van der Waals surface area contributed by atoms with Crippen LogP contribution in [-0.4, -0.2) is 12.2 Å². The molecule has 0 spiro atoms. The van der Waals surface area contributed by atoms with Crippen LogP contribution in [0.5, 0.6) is 0 Å². The van der Waals surface area contributed by atoms with E-state index in [1.54, 1.807) is 0 Å². The molecule has 0 aliphatic carbocycles. The summed E-state index contributed by atoms with van der Waals surface area (Å²) in [5, 5.41) is 2.61. The van der Waals surface area contributed by atoms with E-state index >= 15 is 0 Å². The predicted octanol–water partition coefficient (Wildman–Crippen LogP) is 2.69. The molecule has 20 heavy (non-hydrogen) atoms. The Kier molecular flexibility index (Phi) is 2.82. The molecular weight excluding hydrogens is 264 g/mol. The fourth-order valence-electron chi connectivity index (χ4n) is 2.34. The van der Waals surface area contributed by atoms with Crippen LogP contribution in [0.3, 0.4) is 0 Å². The number of carbonyl (C=O) groups is 2. The molecule has 3 nitrogen and oxygen atoms in total. The number of hydrogen-bond acceptors (Lipinski definition) is 2. The van der Waals surface area contributed by atoms with E-state index in [4.69, 9.17) is 0 Å². The van der Waals surface area contributed by atoms with Crippen molar-refractivity contribution in [1.82, 2.24) is 5.32 Å². The molecular formula is C15H9F2NO2. The fraction of sp³-hybridized carbons (Fsp3) is 0.0667. The SMILES string of the molecule is O=Cc1cc(-c2ccc(F)cc2F)cc2c1CNC2=O. The maximum atomic E-state index is 13.8. The number of carbonyl (C=O) groups excluding carboxylic acids is 2. The van der Waals surface area contributed by atoms with Crippen LogP contribution in [0.4, 0.5) is 8.78 Å². The Hall–Kier alpha value is -2.56. The molecule has 1 N–H and O–H groups in total. The standard InChI is InChI=1S/C15H9F2NO2/c16-10-1-2-11(14(17)5-10)8-3-9(7-19)13-6-18-15(20)12(13)4-8/h1-5,7H,6H2,(H,18,20). The molecule has 0 saturated heterocycles. The number of nitrogens with one attached hydrogen (secondary N) is 1. The van der Waals surface area contributed by atoms with Crippen LogP contribution in [0.25, 0.3) is 11.1 Å². The smallest absolute Gasteiger partial charge is 0.251 e. The minimum absolute atomic E-state index is 0.150. The maximum Gasteiger partial charge on any atom is 0.251 e. The number of amides is 1. The van der Waals surface area contributed by atoms with E-state index in [9.17, 15) is 18.4 Å². The Balaban J connectivity index is 2.22. The van der Waals surface area contributed by atoms with Gasteiger partial charge in [-0.1, -0.05) is 0 Å². The van der Waals surface area contributed by atoms with Gasteiger partial charge in [-0.3, -0.25) is 9.59 Å². The lowest BCUT2D eigenvalue weighted by Gasteiger charge is -2.08. The van der Waals surface area contributed by atoms with Crippen LogP contribution in [-0.2, 0) is 6.54 Å². The van der Waals surface area contributed by atoms with Gasteiger partial charge in [-0.05, 0) is 35.4 Å². The summed E-state index contributed by atoms with van der Waals surface area (Å²) < 4.78 is 26.7. The molecule has 1 aliphatic heterocycles. The molecule has 2 aromatic carbocycles. The van der Waals surface area contributed by atoms with E-state index in [0.29, 0.717) is 28.5 Å². The molecule has 0 saturated carbocycles. The molecule has 2 aromatic rings. The highest BCUT2D eigenvalue weighted by Crippen LogP contribution is 2.29. The summed E-state index contributed by atoms with van der Waals surface area (Å²) >= 11 is 0. The van der Waals surface area contributed by atoms with Gasteiger partial charge in [0.05, 0.1) is 0 Å². The van der Waals surface area contributed by atoms with Crippen molar-refractivity contribution in [2.24, 2.45) is 0 Å². The van der Waals surface area contributed by atoms with Gasteiger partial charge < -0.3 is 5.32 Å². The molecule has 5 heteroatoms. The van der Waals surface area contributed by atoms with Gasteiger partial charge in [0.2, 0.25) is 0 Å². The Bertz CT molecular complexity index is 741. The third kappa shape index (κ3) is 1.87. The highest BCUT2D eigenvalue weighted by atomic mass is 19.1. The van der Waals surface area contributed by atoms with E-state index in [1.807, 2.05) is 0 Å². The second-order valence-corrected chi connectivity index (χ2v) is 4.52. The number of halogens is 2. The minimum atomic E-state index is -0.736. The van der Waals surface area contributed by atoms with Crippen molar-refractivity contribution in [1.29, 1.82) is 0 Å². The first-order valence-corrected chi connectivity index (χ1v) is 5.96. The average Bonchev–Trinajstić information content (AvgIpc) is 2.80. The molecule has 0 fully saturated rings. The van der Waals surface area contributed by atoms with Crippen molar-refractivity contribution in [3.63, 3.8) is 0 Å². The van der Waals surface area contributed by atoms with E-state index in [1.165, 1.54) is 18.2 Å². The van der Waals surface area contributed by atoms with Gasteiger partial charge in [-0.2, -0.15) is 0 Å². The number of benzene rings is 2. The Morgan fingerprint density at radius 1 is 1.10 bits per heavy atom. The zero-order chi connectivity index (χ0) is 14.3. The third-order valence-electron chi connectivity index (χ3n) is 3.32. The normalized spacial score (nSPS) is 13.0. The van der Waals surface area contributed by atoms with Crippen molar-refractivity contribution in [3.05, 3.63) is 58.7 Å². The van der Waals surface area contributed by atoms with Gasteiger partial charge in [0.1, 0.15) is 17.9 Å². The van der Waals surface area contributed by atoms with Crippen LogP contribution in [0.1, 0.15) is 26.3 Å². The van der Waals surface area contributed by atoms with Crippen molar-refractivity contribution < 1.29 is 18.4 Å². The molecule has 1 aliphatic rings. The summed E-state index contributed by atoms with van der Waals surface area (Å²) in [7, 11) is 0. The molecule has 0 unspecified atom stereocenters. The van der Waals surface area contributed by atoms with E-state index in [-0.39, 0.29) is 18.0 Å². The van der Waals surface area contributed by atoms with Gasteiger partial charge in [-0.15, -0.1) is 0 Å². The number of aldehydes is 1. The summed E-state index contributed by atoms with van der Waals surface area (Å²) in [6.07, 6.45) is 0.629. The molecule has 1 amide bonds. The predicted molar refractivity (Wildman–Crippen MR) is 68.4 cm³/mol. The molecule has 100 valence electrons. The van der Waals surface area contributed by atoms with Gasteiger partial charge in [-0.25, -0.2) is 8.78 Å². The topological polar surface area (TPSA) is 46.2 Å². The highest BCUT2D eigenvalue weighted by Gasteiger charge is 2.23. The summed E-state index contributed by atoms with van der Waals surface area (Å²) in [5.41, 5.74) is 1.82. The molecule has 0 radical (unpaired) electrons. The second-order valence-electron chi connectivity index (χ2n) is 4.52. The zero-order valence-electron chi connectivity index (χ0n) is 10.2. The summed E-state index contributed by atoms with van der Waals surface area (Å²) in [6, 6.07) is 6.20. The van der Waals surface area contributed by atoms with Gasteiger partial charge in [0, 0.05) is 29.3 Å². The number of fused-ring (bicyclic) bond motifs is 1. The summed E-state index contributed by atoms with van der Waals surface area (Å²) in [5.74, 6) is -1.71. The van der Waals surface area contributed by atoms with E-state index in [2.05, 4.69) is 5.32 Å². The summed E-state index contributed by atoms with van der Waals surface area (Å²) in [4.78, 5) is 22.8. The maximum absolute atomic E-state index is 13.8. The lowest BCUT2D eigenvalue weighted by Crippen LogP contribution is -2.12. The first-order chi connectivity index (χ1) is 9.60. The number of hydrogen-bond donors (Lipinski definition) is 1. The molecule has 0 aromatic heterocycles. The van der Waals surface area contributed by atoms with Crippen LogP contribution in [0.15, 0.2) is 30.3 Å². The van der Waals surface area contributed by atoms with Crippen molar-refractivity contribution in [2.45, 2.75) is 6.54 Å².